The summed E-state index contributed by atoms with van der Waals surface area (Å²) < 4.78 is 14.3. The average molecular weight is 350 g/mol. The Kier molecular flexibility index (Phi) is 5.95. The first kappa shape index (κ1) is 16.2. The summed E-state index contributed by atoms with van der Waals surface area (Å²) in [4.78, 5) is 0. The lowest BCUT2D eigenvalue weighted by Gasteiger charge is -2.21. The van der Waals surface area contributed by atoms with E-state index in [9.17, 15) is 4.39 Å². The van der Waals surface area contributed by atoms with E-state index in [0.29, 0.717) is 4.47 Å². The molecule has 0 radical (unpaired) electrons. The Balaban J connectivity index is 2.36. The quantitative estimate of drug-likeness (QED) is 0.751. The highest BCUT2D eigenvalue weighted by atomic mass is 79.9. The lowest BCUT2D eigenvalue weighted by molar-refractivity contribution is 0.595. The Morgan fingerprint density at radius 2 is 1.81 bits per heavy atom. The fourth-order valence-corrected chi connectivity index (χ4v) is 3.01. The molecule has 1 nitrogen and oxygen atoms in total. The molecular weight excluding hydrogens is 329 g/mol. The van der Waals surface area contributed by atoms with Crippen molar-refractivity contribution in [1.82, 2.24) is 5.32 Å². The molecule has 2 aromatic rings. The summed E-state index contributed by atoms with van der Waals surface area (Å²) in [5, 5.41) is 3.44. The van der Waals surface area contributed by atoms with E-state index < -0.39 is 0 Å². The van der Waals surface area contributed by atoms with Crippen LogP contribution in [0.15, 0.2) is 46.9 Å². The number of rotatable bonds is 6. The van der Waals surface area contributed by atoms with Crippen LogP contribution in [0.25, 0.3) is 0 Å². The van der Waals surface area contributed by atoms with E-state index >= 15 is 0 Å². The van der Waals surface area contributed by atoms with Crippen LogP contribution in [-0.4, -0.2) is 6.54 Å². The standard InChI is InChI=1S/C18H21BrFN/c1-3-6-13-9-11-14(12-10-13)18(21-4-2)15-7-5-8-16(20)17(15)19/h5,7-12,18,21H,3-4,6H2,1-2H3. The smallest absolute Gasteiger partial charge is 0.137 e. The largest absolute Gasteiger partial charge is 0.306 e. The van der Waals surface area contributed by atoms with Gasteiger partial charge in [0.1, 0.15) is 5.82 Å². The number of nitrogens with one attached hydrogen (secondary N) is 1. The molecular formula is C18H21BrFN. The van der Waals surface area contributed by atoms with Gasteiger partial charge < -0.3 is 5.32 Å². The van der Waals surface area contributed by atoms with E-state index in [0.717, 1.165) is 30.5 Å². The molecule has 1 unspecified atom stereocenters. The van der Waals surface area contributed by atoms with Crippen molar-refractivity contribution in [2.45, 2.75) is 32.7 Å². The maximum Gasteiger partial charge on any atom is 0.137 e. The normalized spacial score (nSPS) is 12.4. The zero-order valence-electron chi connectivity index (χ0n) is 12.5. The fourth-order valence-electron chi connectivity index (χ4n) is 2.52. The number of halogens is 2. The van der Waals surface area contributed by atoms with E-state index in [4.69, 9.17) is 0 Å². The molecule has 2 rings (SSSR count). The van der Waals surface area contributed by atoms with Gasteiger partial charge in [0.25, 0.3) is 0 Å². The van der Waals surface area contributed by atoms with Crippen LogP contribution in [0, 0.1) is 5.82 Å². The van der Waals surface area contributed by atoms with Crippen molar-refractivity contribution >= 4 is 15.9 Å². The predicted octanol–water partition coefficient (Wildman–Crippen LogP) is 5.24. The minimum absolute atomic E-state index is 0.00393. The Hall–Kier alpha value is -1.19. The van der Waals surface area contributed by atoms with E-state index in [-0.39, 0.29) is 11.9 Å². The van der Waals surface area contributed by atoms with E-state index in [1.165, 1.54) is 11.6 Å². The fraction of sp³-hybridized carbons (Fsp3) is 0.333. The summed E-state index contributed by atoms with van der Waals surface area (Å²) in [5.74, 6) is -0.224. The first-order valence-corrected chi connectivity index (χ1v) is 8.22. The van der Waals surface area contributed by atoms with Crippen LogP contribution < -0.4 is 5.32 Å². The van der Waals surface area contributed by atoms with Gasteiger partial charge in [-0.3, -0.25) is 0 Å². The summed E-state index contributed by atoms with van der Waals surface area (Å²) in [7, 11) is 0. The SMILES string of the molecule is CCCc1ccc(C(NCC)c2cccc(F)c2Br)cc1. The Morgan fingerprint density at radius 1 is 1.10 bits per heavy atom. The van der Waals surface area contributed by atoms with Gasteiger partial charge in [-0.15, -0.1) is 0 Å². The maximum absolute atomic E-state index is 13.8. The molecule has 0 bridgehead atoms. The molecule has 2 aromatic carbocycles. The summed E-state index contributed by atoms with van der Waals surface area (Å²) in [6, 6.07) is 13.8. The van der Waals surface area contributed by atoms with Gasteiger partial charge in [-0.1, -0.05) is 56.7 Å². The third-order valence-electron chi connectivity index (χ3n) is 3.55. The Bertz CT molecular complexity index is 580. The Labute approximate surface area is 134 Å². The third kappa shape index (κ3) is 3.92. The molecule has 0 aliphatic carbocycles. The second kappa shape index (κ2) is 7.71. The predicted molar refractivity (Wildman–Crippen MR) is 90.1 cm³/mol. The number of hydrogen-bond donors (Lipinski definition) is 1. The molecule has 0 saturated carbocycles. The summed E-state index contributed by atoms with van der Waals surface area (Å²) >= 11 is 3.37. The van der Waals surface area contributed by atoms with Gasteiger partial charge in [0.15, 0.2) is 0 Å². The highest BCUT2D eigenvalue weighted by Crippen LogP contribution is 2.30. The second-order valence-corrected chi connectivity index (χ2v) is 5.92. The summed E-state index contributed by atoms with van der Waals surface area (Å²) in [5.41, 5.74) is 3.43. The molecule has 0 heterocycles. The van der Waals surface area contributed by atoms with Crippen molar-refractivity contribution in [3.63, 3.8) is 0 Å². The summed E-state index contributed by atoms with van der Waals surface area (Å²) in [6.45, 7) is 5.06. The maximum atomic E-state index is 13.8. The zero-order chi connectivity index (χ0) is 15.2. The van der Waals surface area contributed by atoms with Gasteiger partial charge >= 0.3 is 0 Å². The van der Waals surface area contributed by atoms with Gasteiger partial charge in [0, 0.05) is 0 Å². The average Bonchev–Trinajstić information content (AvgIpc) is 2.49. The Morgan fingerprint density at radius 3 is 2.43 bits per heavy atom. The molecule has 1 N–H and O–H groups in total. The second-order valence-electron chi connectivity index (χ2n) is 5.13. The van der Waals surface area contributed by atoms with Gasteiger partial charge in [0.2, 0.25) is 0 Å². The molecule has 0 amide bonds. The van der Waals surface area contributed by atoms with E-state index in [1.807, 2.05) is 6.07 Å². The van der Waals surface area contributed by atoms with Gasteiger partial charge in [-0.25, -0.2) is 4.39 Å². The van der Waals surface area contributed by atoms with Gasteiger partial charge in [0.05, 0.1) is 10.5 Å². The van der Waals surface area contributed by atoms with Crippen LogP contribution in [0.5, 0.6) is 0 Å². The van der Waals surface area contributed by atoms with Crippen LogP contribution in [-0.2, 0) is 6.42 Å². The molecule has 1 atom stereocenters. The van der Waals surface area contributed by atoms with E-state index in [1.54, 1.807) is 6.07 Å². The first-order chi connectivity index (χ1) is 10.2. The molecule has 0 aliphatic heterocycles. The molecule has 0 fully saturated rings. The molecule has 0 spiro atoms. The molecule has 0 saturated heterocycles. The molecule has 0 aromatic heterocycles. The molecule has 3 heteroatoms. The third-order valence-corrected chi connectivity index (χ3v) is 4.39. The van der Waals surface area contributed by atoms with Crippen molar-refractivity contribution < 1.29 is 4.39 Å². The van der Waals surface area contributed by atoms with Crippen molar-refractivity contribution in [3.8, 4) is 0 Å². The number of hydrogen-bond acceptors (Lipinski definition) is 1. The minimum atomic E-state index is -0.224. The first-order valence-electron chi connectivity index (χ1n) is 7.43. The topological polar surface area (TPSA) is 12.0 Å². The van der Waals surface area contributed by atoms with Crippen molar-refractivity contribution in [1.29, 1.82) is 0 Å². The lowest BCUT2D eigenvalue weighted by Crippen LogP contribution is -2.22. The molecule has 0 aliphatic rings. The van der Waals surface area contributed by atoms with Crippen LogP contribution in [0.2, 0.25) is 0 Å². The lowest BCUT2D eigenvalue weighted by atomic mass is 9.97. The van der Waals surface area contributed by atoms with Crippen LogP contribution in [0.1, 0.15) is 43.0 Å². The van der Waals surface area contributed by atoms with E-state index in [2.05, 4.69) is 59.4 Å². The van der Waals surface area contributed by atoms with Crippen molar-refractivity contribution in [2.75, 3.05) is 6.54 Å². The number of benzene rings is 2. The highest BCUT2D eigenvalue weighted by Gasteiger charge is 2.17. The van der Waals surface area contributed by atoms with Gasteiger partial charge in [-0.2, -0.15) is 0 Å². The van der Waals surface area contributed by atoms with Gasteiger partial charge in [-0.05, 0) is 51.7 Å². The van der Waals surface area contributed by atoms with Crippen LogP contribution >= 0.6 is 15.9 Å². The highest BCUT2D eigenvalue weighted by molar-refractivity contribution is 9.10. The van der Waals surface area contributed by atoms with Crippen LogP contribution in [0.3, 0.4) is 0 Å². The molecule has 112 valence electrons. The van der Waals surface area contributed by atoms with Crippen molar-refractivity contribution in [2.24, 2.45) is 0 Å². The van der Waals surface area contributed by atoms with Crippen LogP contribution in [0.4, 0.5) is 4.39 Å². The number of aryl methyl sites for hydroxylation is 1. The zero-order valence-corrected chi connectivity index (χ0v) is 14.1. The monoisotopic (exact) mass is 349 g/mol. The molecule has 21 heavy (non-hydrogen) atoms. The minimum Gasteiger partial charge on any atom is -0.306 e. The van der Waals surface area contributed by atoms with Crippen molar-refractivity contribution in [3.05, 3.63) is 69.4 Å². The summed E-state index contributed by atoms with van der Waals surface area (Å²) in [6.07, 6.45) is 2.24.